The van der Waals surface area contributed by atoms with Crippen LogP contribution in [0.1, 0.15) is 43.1 Å². The smallest absolute Gasteiger partial charge is 0.324 e. The maximum Gasteiger partial charge on any atom is 0.324 e. The summed E-state index contributed by atoms with van der Waals surface area (Å²) in [5.41, 5.74) is 0. The molecule has 3 heterocycles. The van der Waals surface area contributed by atoms with Gasteiger partial charge in [0.2, 0.25) is 16.9 Å². The average Bonchev–Trinajstić information content (AvgIpc) is 3.26. The number of rotatable bonds is 5. The van der Waals surface area contributed by atoms with Crippen LogP contribution in [-0.4, -0.2) is 51.1 Å². The number of aryl methyl sites for hydroxylation is 1. The molecule has 25 heavy (non-hydrogen) atoms. The third-order valence-corrected chi connectivity index (χ3v) is 4.81. The Morgan fingerprint density at radius 2 is 2.20 bits per heavy atom. The molecule has 136 valence electrons. The highest BCUT2D eigenvalue weighted by Crippen LogP contribution is 2.33. The van der Waals surface area contributed by atoms with Crippen LogP contribution in [0, 0.1) is 12.8 Å². The van der Waals surface area contributed by atoms with E-state index in [0.29, 0.717) is 35.8 Å². The number of aromatic nitrogens is 4. The Morgan fingerprint density at radius 3 is 2.84 bits per heavy atom. The number of likely N-dealkylation sites (tertiary alicyclic amines) is 1. The maximum absolute atomic E-state index is 12.7. The highest BCUT2D eigenvalue weighted by atomic mass is 32.1. The van der Waals surface area contributed by atoms with Gasteiger partial charge in [-0.3, -0.25) is 5.32 Å². The lowest BCUT2D eigenvalue weighted by Gasteiger charge is -2.21. The van der Waals surface area contributed by atoms with Crippen LogP contribution in [0.3, 0.4) is 0 Å². The SMILES string of the molecule is CO[C@H]1C[C@H](c2nnc(C)o2)N(C(=O)Nc2nnc(CC(C)C)s2)C1. The third kappa shape index (κ3) is 4.13. The summed E-state index contributed by atoms with van der Waals surface area (Å²) in [6, 6.07) is -0.582. The molecule has 0 aliphatic carbocycles. The number of nitrogens with zero attached hydrogens (tertiary/aromatic N) is 5. The van der Waals surface area contributed by atoms with E-state index in [1.807, 2.05) is 0 Å². The van der Waals surface area contributed by atoms with Gasteiger partial charge in [0.05, 0.1) is 6.10 Å². The van der Waals surface area contributed by atoms with Crippen LogP contribution in [0.5, 0.6) is 0 Å². The molecule has 2 aromatic rings. The average molecular weight is 366 g/mol. The Hall–Kier alpha value is -2.07. The highest BCUT2D eigenvalue weighted by molar-refractivity contribution is 7.15. The Balaban J connectivity index is 1.71. The first-order valence-corrected chi connectivity index (χ1v) is 9.00. The molecule has 0 spiro atoms. The van der Waals surface area contributed by atoms with Crippen LogP contribution >= 0.6 is 11.3 Å². The van der Waals surface area contributed by atoms with E-state index in [4.69, 9.17) is 9.15 Å². The van der Waals surface area contributed by atoms with Crippen molar-refractivity contribution in [2.75, 3.05) is 19.0 Å². The van der Waals surface area contributed by atoms with Gasteiger partial charge in [0.15, 0.2) is 0 Å². The van der Waals surface area contributed by atoms with Gasteiger partial charge in [-0.15, -0.1) is 20.4 Å². The van der Waals surface area contributed by atoms with Crippen LogP contribution in [0.2, 0.25) is 0 Å². The van der Waals surface area contributed by atoms with Crippen molar-refractivity contribution in [1.29, 1.82) is 0 Å². The van der Waals surface area contributed by atoms with Gasteiger partial charge in [-0.05, 0) is 5.92 Å². The van der Waals surface area contributed by atoms with Gasteiger partial charge in [0.25, 0.3) is 0 Å². The molecule has 2 aromatic heterocycles. The van der Waals surface area contributed by atoms with Crippen LogP contribution in [0.25, 0.3) is 0 Å². The Morgan fingerprint density at radius 1 is 1.40 bits per heavy atom. The van der Waals surface area contributed by atoms with E-state index in [9.17, 15) is 4.79 Å². The number of amides is 2. The zero-order valence-electron chi connectivity index (χ0n) is 14.7. The summed E-state index contributed by atoms with van der Waals surface area (Å²) in [5, 5.41) is 20.3. The zero-order valence-corrected chi connectivity index (χ0v) is 15.5. The standard InChI is InChI=1S/C15H22N6O3S/c1-8(2)5-12-18-20-14(25-12)16-15(22)21-7-10(23-4)6-11(21)13-19-17-9(3)24-13/h8,10-11H,5-7H2,1-4H3,(H,16,20,22)/t10-,11+/m0/s1. The van der Waals surface area contributed by atoms with Crippen molar-refractivity contribution in [3.8, 4) is 0 Å². The first-order valence-electron chi connectivity index (χ1n) is 8.19. The van der Waals surface area contributed by atoms with Crippen LogP contribution in [0.15, 0.2) is 4.42 Å². The van der Waals surface area contributed by atoms with E-state index >= 15 is 0 Å². The molecule has 0 aromatic carbocycles. The van der Waals surface area contributed by atoms with Crippen LogP contribution < -0.4 is 5.32 Å². The van der Waals surface area contributed by atoms with Crippen molar-refractivity contribution >= 4 is 22.5 Å². The monoisotopic (exact) mass is 366 g/mol. The van der Waals surface area contributed by atoms with Crippen molar-refractivity contribution in [3.05, 3.63) is 16.8 Å². The Bertz CT molecular complexity index is 730. The number of urea groups is 1. The number of carbonyl (C=O) groups is 1. The molecular formula is C15H22N6O3S. The molecule has 1 N–H and O–H groups in total. The lowest BCUT2D eigenvalue weighted by molar-refractivity contribution is 0.111. The summed E-state index contributed by atoms with van der Waals surface area (Å²) in [6.45, 7) is 6.41. The van der Waals surface area contributed by atoms with Gasteiger partial charge in [-0.2, -0.15) is 0 Å². The molecule has 10 heteroatoms. The summed E-state index contributed by atoms with van der Waals surface area (Å²) in [5.74, 6) is 1.38. The predicted molar refractivity (Wildman–Crippen MR) is 91.4 cm³/mol. The fourth-order valence-electron chi connectivity index (χ4n) is 2.77. The van der Waals surface area contributed by atoms with Crippen molar-refractivity contribution in [2.24, 2.45) is 5.92 Å². The number of ether oxygens (including phenoxy) is 1. The van der Waals surface area contributed by atoms with E-state index in [1.165, 1.54) is 11.3 Å². The number of methoxy groups -OCH3 is 1. The second-order valence-corrected chi connectivity index (χ2v) is 7.51. The van der Waals surface area contributed by atoms with Crippen molar-refractivity contribution < 1.29 is 13.9 Å². The predicted octanol–water partition coefficient (Wildman–Crippen LogP) is 2.42. The molecular weight excluding hydrogens is 344 g/mol. The summed E-state index contributed by atoms with van der Waals surface area (Å²) in [6.07, 6.45) is 1.38. The van der Waals surface area contributed by atoms with Gasteiger partial charge in [0, 0.05) is 33.4 Å². The molecule has 1 aliphatic rings. The number of anilines is 1. The van der Waals surface area contributed by atoms with E-state index in [1.54, 1.807) is 18.9 Å². The summed E-state index contributed by atoms with van der Waals surface area (Å²) >= 11 is 1.39. The molecule has 0 radical (unpaired) electrons. The fraction of sp³-hybridized carbons (Fsp3) is 0.667. The van der Waals surface area contributed by atoms with Crippen molar-refractivity contribution in [2.45, 2.75) is 45.8 Å². The lowest BCUT2D eigenvalue weighted by atomic mass is 10.1. The van der Waals surface area contributed by atoms with E-state index in [0.717, 1.165) is 11.4 Å². The normalized spacial score (nSPS) is 20.4. The lowest BCUT2D eigenvalue weighted by Crippen LogP contribution is -2.35. The molecule has 3 rings (SSSR count). The second kappa shape index (κ2) is 7.44. The van der Waals surface area contributed by atoms with E-state index in [2.05, 4.69) is 39.6 Å². The molecule has 0 saturated carbocycles. The molecule has 2 atom stereocenters. The van der Waals surface area contributed by atoms with Gasteiger partial charge < -0.3 is 14.1 Å². The number of hydrogen-bond donors (Lipinski definition) is 1. The minimum absolute atomic E-state index is 0.0751. The summed E-state index contributed by atoms with van der Waals surface area (Å²) in [4.78, 5) is 14.3. The van der Waals surface area contributed by atoms with Gasteiger partial charge in [-0.25, -0.2) is 4.79 Å². The summed E-state index contributed by atoms with van der Waals surface area (Å²) < 4.78 is 10.9. The molecule has 0 bridgehead atoms. The van der Waals surface area contributed by atoms with Crippen molar-refractivity contribution in [3.63, 3.8) is 0 Å². The Kier molecular flexibility index (Phi) is 5.28. The molecule has 2 amide bonds. The Labute approximate surface area is 149 Å². The molecule has 1 saturated heterocycles. The van der Waals surface area contributed by atoms with Gasteiger partial charge >= 0.3 is 6.03 Å². The largest absolute Gasteiger partial charge is 0.423 e. The second-order valence-electron chi connectivity index (χ2n) is 6.45. The number of hydrogen-bond acceptors (Lipinski definition) is 8. The van der Waals surface area contributed by atoms with Gasteiger partial charge in [-0.1, -0.05) is 25.2 Å². The topological polar surface area (TPSA) is 106 Å². The van der Waals surface area contributed by atoms with E-state index in [-0.39, 0.29) is 18.2 Å². The summed E-state index contributed by atoms with van der Waals surface area (Å²) in [7, 11) is 1.63. The minimum Gasteiger partial charge on any atom is -0.423 e. The first-order chi connectivity index (χ1) is 12.0. The molecule has 9 nitrogen and oxygen atoms in total. The quantitative estimate of drug-likeness (QED) is 0.866. The molecule has 1 fully saturated rings. The minimum atomic E-state index is -0.311. The van der Waals surface area contributed by atoms with E-state index < -0.39 is 0 Å². The third-order valence-electron chi connectivity index (χ3n) is 3.95. The highest BCUT2D eigenvalue weighted by Gasteiger charge is 2.39. The first kappa shape index (κ1) is 17.7. The molecule has 0 unspecified atom stereocenters. The van der Waals surface area contributed by atoms with Crippen molar-refractivity contribution in [1.82, 2.24) is 25.3 Å². The zero-order chi connectivity index (χ0) is 18.0. The molecule has 1 aliphatic heterocycles. The van der Waals surface area contributed by atoms with Crippen LogP contribution in [-0.2, 0) is 11.2 Å². The fourth-order valence-corrected chi connectivity index (χ4v) is 3.71. The maximum atomic E-state index is 12.7. The van der Waals surface area contributed by atoms with Crippen LogP contribution in [0.4, 0.5) is 9.93 Å². The number of carbonyl (C=O) groups excluding carboxylic acids is 1. The van der Waals surface area contributed by atoms with Gasteiger partial charge in [0.1, 0.15) is 11.0 Å². The number of nitrogens with one attached hydrogen (secondary N) is 1.